The third-order valence-corrected chi connectivity index (χ3v) is 5.16. The van der Waals surface area contributed by atoms with Gasteiger partial charge in [-0.15, -0.1) is 0 Å². The molecule has 1 fully saturated rings. The number of fused-ring (bicyclic) bond motifs is 1. The molecule has 0 radical (unpaired) electrons. The summed E-state index contributed by atoms with van der Waals surface area (Å²) in [5.41, 5.74) is 2.75. The van der Waals surface area contributed by atoms with E-state index in [1.165, 1.54) is 0 Å². The number of benzene rings is 1. The zero-order valence-electron chi connectivity index (χ0n) is 13.9. The first-order valence-electron chi connectivity index (χ1n) is 7.70. The Balaban J connectivity index is 1.87. The average Bonchev–Trinajstić information content (AvgIpc) is 2.94. The van der Waals surface area contributed by atoms with Gasteiger partial charge in [0.1, 0.15) is 6.61 Å². The molecule has 1 aromatic carbocycles. The van der Waals surface area contributed by atoms with Gasteiger partial charge >= 0.3 is 13.1 Å². The summed E-state index contributed by atoms with van der Waals surface area (Å²) in [4.78, 5) is 11.5. The van der Waals surface area contributed by atoms with Crippen LogP contribution in [0.25, 0.3) is 6.08 Å². The van der Waals surface area contributed by atoms with E-state index < -0.39 is 7.12 Å². The molecule has 0 N–H and O–H groups in total. The van der Waals surface area contributed by atoms with E-state index in [1.54, 1.807) is 6.07 Å². The summed E-state index contributed by atoms with van der Waals surface area (Å²) in [5.74, 6) is 0.277. The minimum atomic E-state index is -0.413. The SMILES string of the molecule is CC1(C)OB(C(=Cc2ccc3c(c2)COC3=O)CS)OC1(C)C. The molecule has 2 heterocycles. The summed E-state index contributed by atoms with van der Waals surface area (Å²) in [7, 11) is -0.413. The van der Waals surface area contributed by atoms with Crippen molar-refractivity contribution >= 4 is 31.8 Å². The van der Waals surface area contributed by atoms with E-state index in [9.17, 15) is 4.79 Å². The second-order valence-electron chi connectivity index (χ2n) is 6.96. The van der Waals surface area contributed by atoms with Gasteiger partial charge in [-0.3, -0.25) is 0 Å². The Bertz CT molecular complexity index is 665. The summed E-state index contributed by atoms with van der Waals surface area (Å²) in [6, 6.07) is 5.67. The molecular weight excluding hydrogens is 311 g/mol. The highest BCUT2D eigenvalue weighted by molar-refractivity contribution is 7.80. The van der Waals surface area contributed by atoms with Crippen LogP contribution in [0.4, 0.5) is 0 Å². The standard InChI is InChI=1S/C17H21BO4S/c1-16(2)17(3,4)22-18(21-16)13(10-23)8-11-5-6-14-12(7-11)9-20-15(14)19/h5-8,23H,9-10H2,1-4H3. The molecule has 0 aromatic heterocycles. The van der Waals surface area contributed by atoms with E-state index in [1.807, 2.05) is 45.9 Å². The highest BCUT2D eigenvalue weighted by Crippen LogP contribution is 2.39. The molecule has 2 aliphatic heterocycles. The number of cyclic esters (lactones) is 1. The van der Waals surface area contributed by atoms with E-state index in [-0.39, 0.29) is 17.2 Å². The number of rotatable bonds is 3. The van der Waals surface area contributed by atoms with Crippen molar-refractivity contribution in [3.63, 3.8) is 0 Å². The number of hydrogen-bond donors (Lipinski definition) is 1. The minimum Gasteiger partial charge on any atom is -0.457 e. The molecule has 1 aromatic rings. The van der Waals surface area contributed by atoms with Gasteiger partial charge in [0.25, 0.3) is 0 Å². The van der Waals surface area contributed by atoms with Crippen molar-refractivity contribution in [1.82, 2.24) is 0 Å². The molecule has 4 nitrogen and oxygen atoms in total. The summed E-state index contributed by atoms with van der Waals surface area (Å²) in [6.07, 6.45) is 2.01. The van der Waals surface area contributed by atoms with Crippen LogP contribution < -0.4 is 0 Å². The molecule has 0 unspecified atom stereocenters. The van der Waals surface area contributed by atoms with Gasteiger partial charge in [-0.05, 0) is 50.9 Å². The van der Waals surface area contributed by atoms with Crippen molar-refractivity contribution in [2.45, 2.75) is 45.5 Å². The van der Waals surface area contributed by atoms with E-state index in [0.29, 0.717) is 17.9 Å². The van der Waals surface area contributed by atoms with Crippen LogP contribution in [0.5, 0.6) is 0 Å². The molecule has 3 rings (SSSR count). The van der Waals surface area contributed by atoms with Crippen LogP contribution in [0.2, 0.25) is 0 Å². The minimum absolute atomic E-state index is 0.254. The van der Waals surface area contributed by atoms with Crippen LogP contribution in [0.1, 0.15) is 49.2 Å². The first kappa shape index (κ1) is 16.6. The second kappa shape index (κ2) is 5.69. The third-order valence-electron chi connectivity index (χ3n) is 4.80. The number of ether oxygens (including phenoxy) is 1. The van der Waals surface area contributed by atoms with Gasteiger partial charge in [0.2, 0.25) is 0 Å². The van der Waals surface area contributed by atoms with Crippen LogP contribution in [0.3, 0.4) is 0 Å². The Morgan fingerprint density at radius 3 is 2.52 bits per heavy atom. The van der Waals surface area contributed by atoms with Crippen LogP contribution in [0.15, 0.2) is 23.7 Å². The van der Waals surface area contributed by atoms with Gasteiger partial charge in [0.05, 0.1) is 16.8 Å². The predicted octanol–water partition coefficient (Wildman–Crippen LogP) is 3.30. The quantitative estimate of drug-likeness (QED) is 0.524. The molecule has 0 aliphatic carbocycles. The maximum absolute atomic E-state index is 11.5. The lowest BCUT2D eigenvalue weighted by Gasteiger charge is -2.32. The van der Waals surface area contributed by atoms with Crippen LogP contribution in [-0.2, 0) is 20.7 Å². The molecule has 122 valence electrons. The molecule has 0 spiro atoms. The van der Waals surface area contributed by atoms with Crippen LogP contribution >= 0.6 is 12.6 Å². The van der Waals surface area contributed by atoms with Gasteiger partial charge in [-0.25, -0.2) is 4.79 Å². The lowest BCUT2D eigenvalue weighted by Crippen LogP contribution is -2.41. The molecule has 0 amide bonds. The molecule has 0 saturated carbocycles. The average molecular weight is 332 g/mol. The lowest BCUT2D eigenvalue weighted by molar-refractivity contribution is 0.00578. The van der Waals surface area contributed by atoms with Crippen molar-refractivity contribution in [1.29, 1.82) is 0 Å². The Morgan fingerprint density at radius 1 is 1.26 bits per heavy atom. The molecule has 2 aliphatic rings. The molecule has 0 bridgehead atoms. The van der Waals surface area contributed by atoms with Crippen LogP contribution in [-0.4, -0.2) is 30.0 Å². The number of hydrogen-bond acceptors (Lipinski definition) is 5. The first-order valence-corrected chi connectivity index (χ1v) is 8.34. The van der Waals surface area contributed by atoms with E-state index in [0.717, 1.165) is 16.6 Å². The van der Waals surface area contributed by atoms with Gasteiger partial charge in [-0.2, -0.15) is 12.6 Å². The zero-order chi connectivity index (χ0) is 16.8. The maximum Gasteiger partial charge on any atom is 0.491 e. The topological polar surface area (TPSA) is 44.8 Å². The van der Waals surface area contributed by atoms with Gasteiger partial charge in [-0.1, -0.05) is 12.1 Å². The molecular formula is C17H21BO4S. The summed E-state index contributed by atoms with van der Waals surface area (Å²) < 4.78 is 17.2. The number of carbonyl (C=O) groups excluding carboxylic acids is 1. The fraction of sp³-hybridized carbons (Fsp3) is 0.471. The van der Waals surface area contributed by atoms with Gasteiger partial charge in [0, 0.05) is 11.3 Å². The fourth-order valence-corrected chi connectivity index (χ4v) is 2.88. The molecule has 1 saturated heterocycles. The number of carbonyl (C=O) groups is 1. The molecule has 23 heavy (non-hydrogen) atoms. The number of thiol groups is 1. The Morgan fingerprint density at radius 2 is 1.91 bits per heavy atom. The maximum atomic E-state index is 11.5. The lowest BCUT2D eigenvalue weighted by atomic mass is 9.78. The number of esters is 1. The van der Waals surface area contributed by atoms with Crippen molar-refractivity contribution < 1.29 is 18.8 Å². The Labute approximate surface area is 142 Å². The van der Waals surface area contributed by atoms with Crippen molar-refractivity contribution in [2.75, 3.05) is 5.75 Å². The highest BCUT2D eigenvalue weighted by Gasteiger charge is 2.52. The van der Waals surface area contributed by atoms with E-state index >= 15 is 0 Å². The van der Waals surface area contributed by atoms with Crippen LogP contribution in [0, 0.1) is 0 Å². The summed E-state index contributed by atoms with van der Waals surface area (Å²) in [5, 5.41) is 0. The van der Waals surface area contributed by atoms with Gasteiger partial charge < -0.3 is 14.0 Å². The zero-order valence-corrected chi connectivity index (χ0v) is 14.8. The summed E-state index contributed by atoms with van der Waals surface area (Å²) in [6.45, 7) is 8.45. The fourth-order valence-electron chi connectivity index (χ4n) is 2.64. The normalized spacial score (nSPS) is 22.2. The third kappa shape index (κ3) is 2.95. The predicted molar refractivity (Wildman–Crippen MR) is 93.5 cm³/mol. The largest absolute Gasteiger partial charge is 0.491 e. The molecule has 0 atom stereocenters. The highest BCUT2D eigenvalue weighted by atomic mass is 32.1. The van der Waals surface area contributed by atoms with E-state index in [4.69, 9.17) is 14.0 Å². The van der Waals surface area contributed by atoms with Gasteiger partial charge in [0.15, 0.2) is 0 Å². The van der Waals surface area contributed by atoms with Crippen molar-refractivity contribution in [2.24, 2.45) is 0 Å². The van der Waals surface area contributed by atoms with Crippen molar-refractivity contribution in [3.05, 3.63) is 40.4 Å². The first-order chi connectivity index (χ1) is 10.7. The Kier molecular flexibility index (Phi) is 4.11. The van der Waals surface area contributed by atoms with E-state index in [2.05, 4.69) is 12.6 Å². The Hall–Kier alpha value is -1.24. The smallest absolute Gasteiger partial charge is 0.457 e. The second-order valence-corrected chi connectivity index (χ2v) is 7.27. The monoisotopic (exact) mass is 332 g/mol. The van der Waals surface area contributed by atoms with Crippen molar-refractivity contribution in [3.8, 4) is 0 Å². The molecule has 6 heteroatoms. The summed E-state index contributed by atoms with van der Waals surface area (Å²) >= 11 is 4.42.